The van der Waals surface area contributed by atoms with Crippen LogP contribution in [-0.4, -0.2) is 59.9 Å². The van der Waals surface area contributed by atoms with Crippen LogP contribution in [-0.2, 0) is 27.2 Å². The minimum absolute atomic E-state index is 0.0148. The molecule has 0 fully saturated rings. The van der Waals surface area contributed by atoms with Gasteiger partial charge in [-0.05, 0) is 80.6 Å². The number of para-hydroxylation sites is 2. The van der Waals surface area contributed by atoms with Crippen LogP contribution in [0.3, 0.4) is 0 Å². The summed E-state index contributed by atoms with van der Waals surface area (Å²) in [6.45, 7) is 6.68. The van der Waals surface area contributed by atoms with E-state index in [1.165, 1.54) is 13.2 Å². The Labute approximate surface area is 236 Å². The number of aryl methyl sites for hydroxylation is 2. The average molecular weight is 554 g/mol. The van der Waals surface area contributed by atoms with Crippen molar-refractivity contribution >= 4 is 17.0 Å². The maximum Gasteiger partial charge on any atom is 0.332 e. The predicted molar refractivity (Wildman–Crippen MR) is 156 cm³/mol. The Kier molecular flexibility index (Phi) is 10.2. The average Bonchev–Trinajstić information content (AvgIpc) is 3.24. The molecule has 4 rings (SSSR count). The minimum Gasteiger partial charge on any atom is -0.457 e. The molecule has 1 N–H and O–H groups in total. The van der Waals surface area contributed by atoms with E-state index < -0.39 is 5.60 Å². The fourth-order valence-corrected chi connectivity index (χ4v) is 6.49. The SMILES string of the molecule is COCC(=O)O[C@]1(CCN(C)CCCCCCn2c(=O)[nH]c3ccccc32)CCc2cc(F)ccc2[C@@H]1C(C)C. The van der Waals surface area contributed by atoms with Crippen molar-refractivity contribution in [3.63, 3.8) is 0 Å². The van der Waals surface area contributed by atoms with E-state index in [1.807, 2.05) is 34.9 Å². The molecule has 7 nitrogen and oxygen atoms in total. The van der Waals surface area contributed by atoms with Crippen molar-refractivity contribution in [3.8, 4) is 0 Å². The van der Waals surface area contributed by atoms with Crippen molar-refractivity contribution < 1.29 is 18.7 Å². The van der Waals surface area contributed by atoms with Gasteiger partial charge >= 0.3 is 11.7 Å². The van der Waals surface area contributed by atoms with Crippen molar-refractivity contribution in [2.24, 2.45) is 5.92 Å². The molecule has 0 bridgehead atoms. The molecular formula is C32H44FN3O4. The number of unbranched alkanes of at least 4 members (excludes halogenated alkanes) is 3. The number of nitrogens with zero attached hydrogens (tertiary/aromatic N) is 2. The highest BCUT2D eigenvalue weighted by atomic mass is 19.1. The summed E-state index contributed by atoms with van der Waals surface area (Å²) >= 11 is 0. The second-order valence-corrected chi connectivity index (χ2v) is 11.6. The van der Waals surface area contributed by atoms with Crippen molar-refractivity contribution in [3.05, 3.63) is 69.9 Å². The summed E-state index contributed by atoms with van der Waals surface area (Å²) in [5.41, 5.74) is 3.24. The zero-order valence-corrected chi connectivity index (χ0v) is 24.4. The van der Waals surface area contributed by atoms with Gasteiger partial charge in [0.05, 0.1) is 11.0 Å². The molecule has 218 valence electrons. The molecule has 0 unspecified atom stereocenters. The standard InChI is InChI=1S/C32H44FN3O4/c1-23(2)30-26-14-13-25(33)21-24(26)15-16-32(30,40-29(37)22-39-4)17-20-35(3)18-9-5-6-10-19-36-28-12-8-7-11-27(28)34-31(36)38/h7-8,11-14,21,23,30H,5-6,9-10,15-20,22H2,1-4H3,(H,34,38)/t30-,32-/m0/s1. The fourth-order valence-electron chi connectivity index (χ4n) is 6.49. The topological polar surface area (TPSA) is 76.6 Å². The second-order valence-electron chi connectivity index (χ2n) is 11.6. The lowest BCUT2D eigenvalue weighted by atomic mass is 9.65. The van der Waals surface area contributed by atoms with Crippen LogP contribution in [0.2, 0.25) is 0 Å². The van der Waals surface area contributed by atoms with Crippen LogP contribution in [0.15, 0.2) is 47.3 Å². The Morgan fingerprint density at radius 1 is 1.15 bits per heavy atom. The van der Waals surface area contributed by atoms with Crippen molar-refractivity contribution in [1.82, 2.24) is 14.5 Å². The van der Waals surface area contributed by atoms with E-state index in [0.29, 0.717) is 19.3 Å². The van der Waals surface area contributed by atoms with E-state index in [9.17, 15) is 14.0 Å². The lowest BCUT2D eigenvalue weighted by Crippen LogP contribution is -2.49. The van der Waals surface area contributed by atoms with Crippen molar-refractivity contribution in [1.29, 1.82) is 0 Å². The highest BCUT2D eigenvalue weighted by Gasteiger charge is 2.47. The predicted octanol–water partition coefficient (Wildman–Crippen LogP) is 5.67. The maximum absolute atomic E-state index is 14.0. The number of hydrogen-bond acceptors (Lipinski definition) is 5. The molecule has 0 spiro atoms. The molecule has 0 saturated heterocycles. The number of imidazole rings is 1. The number of H-pyrrole nitrogens is 1. The number of halogens is 1. The molecule has 0 saturated carbocycles. The molecule has 8 heteroatoms. The second kappa shape index (κ2) is 13.6. The Hall–Kier alpha value is -2.97. The molecule has 3 aromatic rings. The minimum atomic E-state index is -0.657. The van der Waals surface area contributed by atoms with Crippen LogP contribution in [0, 0.1) is 11.7 Å². The number of carbonyl (C=O) groups is 1. The van der Waals surface area contributed by atoms with E-state index in [0.717, 1.165) is 67.5 Å². The number of nitrogens with one attached hydrogen (secondary N) is 1. The molecular weight excluding hydrogens is 509 g/mol. The number of methoxy groups -OCH3 is 1. The maximum atomic E-state index is 14.0. The third kappa shape index (κ3) is 7.02. The summed E-state index contributed by atoms with van der Waals surface area (Å²) in [6, 6.07) is 12.8. The zero-order valence-electron chi connectivity index (χ0n) is 24.4. The van der Waals surface area contributed by atoms with Crippen LogP contribution >= 0.6 is 0 Å². The normalized spacial score (nSPS) is 18.9. The van der Waals surface area contributed by atoms with Crippen LogP contribution in [0.1, 0.15) is 69.4 Å². The van der Waals surface area contributed by atoms with Crippen LogP contribution in [0.25, 0.3) is 11.0 Å². The van der Waals surface area contributed by atoms with Gasteiger partial charge in [0, 0.05) is 32.5 Å². The van der Waals surface area contributed by atoms with E-state index in [-0.39, 0.29) is 35.9 Å². The first kappa shape index (κ1) is 30.0. The smallest absolute Gasteiger partial charge is 0.332 e. The highest BCUT2D eigenvalue weighted by molar-refractivity contribution is 5.74. The van der Waals surface area contributed by atoms with E-state index >= 15 is 0 Å². The summed E-state index contributed by atoms with van der Waals surface area (Å²) in [5.74, 6) is -0.372. The number of fused-ring (bicyclic) bond motifs is 2. The number of esters is 1. The summed E-state index contributed by atoms with van der Waals surface area (Å²) in [6.07, 6.45) is 6.22. The summed E-state index contributed by atoms with van der Waals surface area (Å²) < 4.78 is 27.2. The lowest BCUT2D eigenvalue weighted by Gasteiger charge is -2.47. The molecule has 1 heterocycles. The van der Waals surface area contributed by atoms with Gasteiger partial charge in [0.1, 0.15) is 18.0 Å². The van der Waals surface area contributed by atoms with Gasteiger partial charge in [0.2, 0.25) is 0 Å². The Morgan fingerprint density at radius 3 is 2.70 bits per heavy atom. The Morgan fingerprint density at radius 2 is 1.93 bits per heavy atom. The van der Waals surface area contributed by atoms with Crippen LogP contribution in [0.4, 0.5) is 4.39 Å². The van der Waals surface area contributed by atoms with E-state index in [4.69, 9.17) is 9.47 Å². The Bertz CT molecular complexity index is 1330. The monoisotopic (exact) mass is 553 g/mol. The number of carbonyl (C=O) groups excluding carboxylic acids is 1. The van der Waals surface area contributed by atoms with Gasteiger partial charge in [-0.2, -0.15) is 0 Å². The molecule has 1 aliphatic carbocycles. The van der Waals surface area contributed by atoms with Gasteiger partial charge in [-0.3, -0.25) is 4.57 Å². The molecule has 2 atom stereocenters. The number of hydrogen-bond donors (Lipinski definition) is 1. The molecule has 1 aliphatic rings. The van der Waals surface area contributed by atoms with Gasteiger partial charge in [0.25, 0.3) is 0 Å². The van der Waals surface area contributed by atoms with Gasteiger partial charge in [-0.15, -0.1) is 0 Å². The first-order valence-electron chi connectivity index (χ1n) is 14.6. The zero-order chi connectivity index (χ0) is 28.7. The third-order valence-corrected chi connectivity index (χ3v) is 8.34. The first-order chi connectivity index (χ1) is 19.2. The molecule has 2 aromatic carbocycles. The number of ether oxygens (including phenoxy) is 2. The molecule has 1 aromatic heterocycles. The third-order valence-electron chi connectivity index (χ3n) is 8.34. The van der Waals surface area contributed by atoms with Crippen molar-refractivity contribution in [2.75, 3.05) is 33.9 Å². The quantitative estimate of drug-likeness (QED) is 0.206. The highest BCUT2D eigenvalue weighted by Crippen LogP contribution is 2.48. The molecule has 0 amide bonds. The first-order valence-corrected chi connectivity index (χ1v) is 14.6. The molecule has 0 radical (unpaired) electrons. The molecule has 40 heavy (non-hydrogen) atoms. The van der Waals surface area contributed by atoms with E-state index in [1.54, 1.807) is 6.07 Å². The van der Waals surface area contributed by atoms with E-state index in [2.05, 4.69) is 30.8 Å². The Balaban J connectivity index is 1.31. The lowest BCUT2D eigenvalue weighted by molar-refractivity contribution is -0.172. The van der Waals surface area contributed by atoms with Gasteiger partial charge in [0.15, 0.2) is 0 Å². The summed E-state index contributed by atoms with van der Waals surface area (Å²) in [5, 5.41) is 0. The van der Waals surface area contributed by atoms with Crippen LogP contribution in [0.5, 0.6) is 0 Å². The number of aromatic amines is 1. The number of aromatic nitrogens is 2. The largest absolute Gasteiger partial charge is 0.457 e. The fraction of sp³-hybridized carbons (Fsp3) is 0.562. The van der Waals surface area contributed by atoms with Gasteiger partial charge < -0.3 is 19.4 Å². The number of rotatable bonds is 14. The molecule has 0 aliphatic heterocycles. The van der Waals surface area contributed by atoms with Crippen molar-refractivity contribution in [2.45, 2.75) is 76.9 Å². The summed E-state index contributed by atoms with van der Waals surface area (Å²) in [7, 11) is 3.62. The van der Waals surface area contributed by atoms with Crippen LogP contribution < -0.4 is 5.69 Å². The van der Waals surface area contributed by atoms with Gasteiger partial charge in [-0.1, -0.05) is 44.9 Å². The number of benzene rings is 2. The van der Waals surface area contributed by atoms with Gasteiger partial charge in [-0.25, -0.2) is 14.0 Å². The summed E-state index contributed by atoms with van der Waals surface area (Å²) in [4.78, 5) is 30.2.